The first-order chi connectivity index (χ1) is 11.3. The Morgan fingerprint density at radius 2 is 1.75 bits per heavy atom. The van der Waals surface area contributed by atoms with E-state index in [0.29, 0.717) is 12.0 Å². The van der Waals surface area contributed by atoms with Crippen LogP contribution in [0.1, 0.15) is 50.4 Å². The van der Waals surface area contributed by atoms with E-state index in [2.05, 4.69) is 10.1 Å². The molecule has 0 saturated carbocycles. The normalized spacial score (nSPS) is 15.0. The molecule has 1 aromatic carbocycles. The third-order valence-electron chi connectivity index (χ3n) is 3.63. The number of carbonyl (C=O) groups is 3. The lowest BCUT2D eigenvalue weighted by Gasteiger charge is -2.20. The van der Waals surface area contributed by atoms with Crippen LogP contribution >= 0.6 is 0 Å². The summed E-state index contributed by atoms with van der Waals surface area (Å²) < 4.78 is 4.55. The number of piperidine rings is 1. The molecular weight excluding hydrogens is 306 g/mol. The van der Waals surface area contributed by atoms with Crippen molar-refractivity contribution in [3.05, 3.63) is 35.9 Å². The van der Waals surface area contributed by atoms with Gasteiger partial charge in [-0.1, -0.05) is 30.3 Å². The molecule has 0 aliphatic carbocycles. The van der Waals surface area contributed by atoms with Gasteiger partial charge in [0.05, 0.1) is 6.42 Å². The lowest BCUT2D eigenvalue weighted by atomic mass is 9.90. The van der Waals surface area contributed by atoms with Gasteiger partial charge >= 0.3 is 0 Å². The van der Waals surface area contributed by atoms with Gasteiger partial charge in [0.2, 0.25) is 0 Å². The predicted molar refractivity (Wildman–Crippen MR) is 92.9 cm³/mol. The molecule has 5 heteroatoms. The SMILES string of the molecule is CC(C)(C)OC=O.O=C(CC(=O)C1CCNCC1)c1ccccc1. The lowest BCUT2D eigenvalue weighted by Crippen LogP contribution is -2.32. The zero-order chi connectivity index (χ0) is 18.0. The Kier molecular flexibility index (Phi) is 8.33. The number of nitrogens with one attached hydrogen (secondary N) is 1. The highest BCUT2D eigenvalue weighted by atomic mass is 16.5. The smallest absolute Gasteiger partial charge is 0.293 e. The second kappa shape index (κ2) is 9.98. The van der Waals surface area contributed by atoms with Gasteiger partial charge in [0.25, 0.3) is 6.47 Å². The zero-order valence-corrected chi connectivity index (χ0v) is 14.7. The molecule has 1 aliphatic heterocycles. The summed E-state index contributed by atoms with van der Waals surface area (Å²) in [5, 5.41) is 3.22. The first-order valence-corrected chi connectivity index (χ1v) is 8.26. The van der Waals surface area contributed by atoms with E-state index in [4.69, 9.17) is 0 Å². The lowest BCUT2D eigenvalue weighted by molar-refractivity contribution is -0.138. The minimum Gasteiger partial charge on any atom is -0.462 e. The zero-order valence-electron chi connectivity index (χ0n) is 14.7. The second-order valence-corrected chi connectivity index (χ2v) is 6.78. The van der Waals surface area contributed by atoms with Crippen LogP contribution in [0.4, 0.5) is 0 Å². The van der Waals surface area contributed by atoms with Gasteiger partial charge in [-0.15, -0.1) is 0 Å². The molecule has 0 amide bonds. The van der Waals surface area contributed by atoms with E-state index < -0.39 is 0 Å². The molecule has 0 unspecified atom stereocenters. The van der Waals surface area contributed by atoms with Crippen molar-refractivity contribution in [2.24, 2.45) is 5.92 Å². The van der Waals surface area contributed by atoms with Crippen LogP contribution in [-0.4, -0.2) is 36.7 Å². The highest BCUT2D eigenvalue weighted by molar-refractivity contribution is 6.08. The van der Waals surface area contributed by atoms with Crippen LogP contribution in [0.15, 0.2) is 30.3 Å². The number of Topliss-reactive ketones (excluding diaryl/α,β-unsaturated/α-hetero) is 2. The second-order valence-electron chi connectivity index (χ2n) is 6.78. The van der Waals surface area contributed by atoms with Crippen LogP contribution in [0.25, 0.3) is 0 Å². The van der Waals surface area contributed by atoms with E-state index in [9.17, 15) is 14.4 Å². The van der Waals surface area contributed by atoms with E-state index >= 15 is 0 Å². The third-order valence-corrected chi connectivity index (χ3v) is 3.63. The van der Waals surface area contributed by atoms with Crippen molar-refractivity contribution < 1.29 is 19.1 Å². The van der Waals surface area contributed by atoms with Crippen LogP contribution in [-0.2, 0) is 14.3 Å². The van der Waals surface area contributed by atoms with Crippen molar-refractivity contribution in [1.82, 2.24) is 5.32 Å². The van der Waals surface area contributed by atoms with E-state index in [1.54, 1.807) is 12.1 Å². The van der Waals surface area contributed by atoms with Crippen LogP contribution < -0.4 is 5.32 Å². The largest absolute Gasteiger partial charge is 0.462 e. The molecule has 1 N–H and O–H groups in total. The van der Waals surface area contributed by atoms with Gasteiger partial charge in [0.1, 0.15) is 11.4 Å². The molecule has 0 bridgehead atoms. The summed E-state index contributed by atoms with van der Waals surface area (Å²) in [5.41, 5.74) is 0.316. The monoisotopic (exact) mass is 333 g/mol. The van der Waals surface area contributed by atoms with Crippen molar-refractivity contribution >= 4 is 18.0 Å². The molecule has 0 radical (unpaired) electrons. The quantitative estimate of drug-likeness (QED) is 0.509. The fraction of sp³-hybridized carbons (Fsp3) is 0.526. The van der Waals surface area contributed by atoms with Gasteiger partial charge in [0.15, 0.2) is 5.78 Å². The van der Waals surface area contributed by atoms with E-state index in [1.807, 2.05) is 39.0 Å². The van der Waals surface area contributed by atoms with Crippen LogP contribution in [0, 0.1) is 5.92 Å². The average molecular weight is 333 g/mol. The molecular formula is C19H27NO4. The van der Waals surface area contributed by atoms with E-state index in [0.717, 1.165) is 25.9 Å². The van der Waals surface area contributed by atoms with Crippen molar-refractivity contribution in [3.63, 3.8) is 0 Å². The summed E-state index contributed by atoms with van der Waals surface area (Å²) in [6.45, 7) is 7.69. The van der Waals surface area contributed by atoms with Crippen molar-refractivity contribution in [1.29, 1.82) is 0 Å². The maximum atomic E-state index is 11.9. The number of carbonyl (C=O) groups excluding carboxylic acids is 3. The minimum absolute atomic E-state index is 0.0503. The first kappa shape index (κ1) is 20.0. The molecule has 5 nitrogen and oxygen atoms in total. The fourth-order valence-corrected chi connectivity index (χ4v) is 2.32. The number of rotatable bonds is 5. The fourth-order valence-electron chi connectivity index (χ4n) is 2.32. The van der Waals surface area contributed by atoms with Crippen molar-refractivity contribution in [3.8, 4) is 0 Å². The molecule has 1 heterocycles. The van der Waals surface area contributed by atoms with E-state index in [-0.39, 0.29) is 29.5 Å². The Morgan fingerprint density at radius 3 is 2.21 bits per heavy atom. The maximum absolute atomic E-state index is 11.9. The molecule has 1 fully saturated rings. The highest BCUT2D eigenvalue weighted by Crippen LogP contribution is 2.16. The highest BCUT2D eigenvalue weighted by Gasteiger charge is 2.23. The Hall–Kier alpha value is -2.01. The summed E-state index contributed by atoms with van der Waals surface area (Å²) in [7, 11) is 0. The topological polar surface area (TPSA) is 72.5 Å². The molecule has 24 heavy (non-hydrogen) atoms. The predicted octanol–water partition coefficient (Wildman–Crippen LogP) is 2.79. The Balaban J connectivity index is 0.000000351. The van der Waals surface area contributed by atoms with Crippen LogP contribution in [0.3, 0.4) is 0 Å². The van der Waals surface area contributed by atoms with Gasteiger partial charge in [-0.25, -0.2) is 0 Å². The average Bonchev–Trinajstić information content (AvgIpc) is 2.56. The Morgan fingerprint density at radius 1 is 1.17 bits per heavy atom. The van der Waals surface area contributed by atoms with Gasteiger partial charge in [-0.3, -0.25) is 14.4 Å². The number of hydrogen-bond acceptors (Lipinski definition) is 5. The van der Waals surface area contributed by atoms with Crippen molar-refractivity contribution in [2.45, 2.75) is 45.6 Å². The molecule has 0 aromatic heterocycles. The summed E-state index contributed by atoms with van der Waals surface area (Å²) in [5.74, 6) is 0.110. The number of hydrogen-bond donors (Lipinski definition) is 1. The molecule has 132 valence electrons. The number of ether oxygens (including phenoxy) is 1. The minimum atomic E-state index is -0.318. The summed E-state index contributed by atoms with van der Waals surface area (Å²) in [4.78, 5) is 33.4. The Bertz CT molecular complexity index is 528. The van der Waals surface area contributed by atoms with Gasteiger partial charge in [-0.05, 0) is 46.7 Å². The Labute approximate surface area is 143 Å². The third kappa shape index (κ3) is 8.02. The molecule has 2 rings (SSSR count). The summed E-state index contributed by atoms with van der Waals surface area (Å²) in [6.07, 6.45) is 1.77. The van der Waals surface area contributed by atoms with Crippen LogP contribution in [0.5, 0.6) is 0 Å². The number of benzene rings is 1. The summed E-state index contributed by atoms with van der Waals surface area (Å²) in [6, 6.07) is 9.03. The van der Waals surface area contributed by atoms with Gasteiger partial charge in [-0.2, -0.15) is 0 Å². The van der Waals surface area contributed by atoms with Gasteiger partial charge < -0.3 is 10.1 Å². The first-order valence-electron chi connectivity index (χ1n) is 8.26. The molecule has 0 atom stereocenters. The number of ketones is 2. The molecule has 1 aliphatic rings. The molecule has 1 saturated heterocycles. The van der Waals surface area contributed by atoms with Gasteiger partial charge in [0, 0.05) is 11.5 Å². The standard InChI is InChI=1S/C14H17NO2.C5H10O2/c16-13(11-4-2-1-3-5-11)10-14(17)12-6-8-15-9-7-12;1-5(2,3)7-4-6/h1-5,12,15H,6-10H2;4H,1-3H3. The molecule has 1 aromatic rings. The van der Waals surface area contributed by atoms with Crippen molar-refractivity contribution in [2.75, 3.05) is 13.1 Å². The maximum Gasteiger partial charge on any atom is 0.293 e. The van der Waals surface area contributed by atoms with Crippen LogP contribution in [0.2, 0.25) is 0 Å². The van der Waals surface area contributed by atoms with E-state index in [1.165, 1.54) is 0 Å². The summed E-state index contributed by atoms with van der Waals surface area (Å²) >= 11 is 0. The molecule has 0 spiro atoms.